The normalized spacial score (nSPS) is 16.2. The van der Waals surface area contributed by atoms with Crippen molar-refractivity contribution in [3.05, 3.63) is 35.4 Å². The van der Waals surface area contributed by atoms with Crippen LogP contribution in [0.1, 0.15) is 57.6 Å². The van der Waals surface area contributed by atoms with E-state index >= 15 is 0 Å². The number of benzene rings is 1. The molecule has 0 fully saturated rings. The number of ether oxygens (including phenoxy) is 2. The Labute approximate surface area is 128 Å². The molecule has 1 aromatic rings. The van der Waals surface area contributed by atoms with Crippen molar-refractivity contribution in [3.8, 4) is 11.5 Å². The molecule has 0 heterocycles. The molecule has 0 radical (unpaired) electrons. The van der Waals surface area contributed by atoms with Gasteiger partial charge in [-0.2, -0.15) is 0 Å². The lowest BCUT2D eigenvalue weighted by Gasteiger charge is -2.19. The summed E-state index contributed by atoms with van der Waals surface area (Å²) in [5.41, 5.74) is 9.00. The number of allylic oxidation sites excluding steroid dienone is 1. The first-order valence-corrected chi connectivity index (χ1v) is 8.07. The second kappa shape index (κ2) is 8.08. The van der Waals surface area contributed by atoms with Crippen molar-refractivity contribution < 1.29 is 9.47 Å². The molecule has 1 unspecified atom stereocenters. The van der Waals surface area contributed by atoms with Crippen LogP contribution in [0.25, 0.3) is 0 Å². The average Bonchev–Trinajstić information content (AvgIpc) is 2.50. The summed E-state index contributed by atoms with van der Waals surface area (Å²) in [5, 5.41) is 0. The molecule has 2 rings (SSSR count). The summed E-state index contributed by atoms with van der Waals surface area (Å²) in [6.45, 7) is 5.22. The van der Waals surface area contributed by atoms with Gasteiger partial charge in [0.2, 0.25) is 0 Å². The molecule has 1 aromatic carbocycles. The Kier molecular flexibility index (Phi) is 6.12. The highest BCUT2D eigenvalue weighted by molar-refractivity contribution is 5.44. The van der Waals surface area contributed by atoms with Crippen molar-refractivity contribution in [2.24, 2.45) is 5.73 Å². The van der Waals surface area contributed by atoms with Crippen LogP contribution in [0.5, 0.6) is 11.5 Å². The molecule has 1 aliphatic carbocycles. The summed E-state index contributed by atoms with van der Waals surface area (Å²) in [5.74, 6) is 1.59. The third kappa shape index (κ3) is 4.50. The SMILES string of the molecule is CCOc1ccc(C(N)CC2=CCCCC2)cc1OCC. The first kappa shape index (κ1) is 15.9. The summed E-state index contributed by atoms with van der Waals surface area (Å²) < 4.78 is 11.3. The van der Waals surface area contributed by atoms with E-state index in [1.165, 1.54) is 31.3 Å². The molecule has 0 saturated heterocycles. The summed E-state index contributed by atoms with van der Waals surface area (Å²) in [6, 6.07) is 6.09. The van der Waals surface area contributed by atoms with E-state index in [0.717, 1.165) is 23.5 Å². The Morgan fingerprint density at radius 2 is 1.86 bits per heavy atom. The van der Waals surface area contributed by atoms with Crippen LogP contribution < -0.4 is 15.2 Å². The summed E-state index contributed by atoms with van der Waals surface area (Å²) in [6.07, 6.45) is 8.32. The van der Waals surface area contributed by atoms with Crippen LogP contribution in [-0.2, 0) is 0 Å². The molecule has 1 atom stereocenters. The highest BCUT2D eigenvalue weighted by Gasteiger charge is 2.14. The van der Waals surface area contributed by atoms with Crippen molar-refractivity contribution in [2.45, 2.75) is 52.0 Å². The minimum atomic E-state index is 0.0317. The molecule has 0 saturated carbocycles. The fraction of sp³-hybridized carbons (Fsp3) is 0.556. The quantitative estimate of drug-likeness (QED) is 0.758. The van der Waals surface area contributed by atoms with Crippen LogP contribution in [0, 0.1) is 0 Å². The molecule has 116 valence electrons. The van der Waals surface area contributed by atoms with E-state index in [2.05, 4.69) is 12.1 Å². The van der Waals surface area contributed by atoms with Crippen LogP contribution in [0.4, 0.5) is 0 Å². The zero-order valence-electron chi connectivity index (χ0n) is 13.2. The maximum absolute atomic E-state index is 6.38. The number of hydrogen-bond acceptors (Lipinski definition) is 3. The Morgan fingerprint density at radius 3 is 2.52 bits per heavy atom. The van der Waals surface area contributed by atoms with Crippen LogP contribution in [-0.4, -0.2) is 13.2 Å². The minimum Gasteiger partial charge on any atom is -0.490 e. The maximum Gasteiger partial charge on any atom is 0.161 e. The standard InChI is InChI=1S/C18H27NO2/c1-3-20-17-11-10-15(13-18(17)21-4-2)16(19)12-14-8-6-5-7-9-14/h8,10-11,13,16H,3-7,9,12,19H2,1-2H3. The van der Waals surface area contributed by atoms with E-state index < -0.39 is 0 Å². The average molecular weight is 289 g/mol. The topological polar surface area (TPSA) is 44.5 Å². The Balaban J connectivity index is 2.10. The van der Waals surface area contributed by atoms with E-state index in [1.807, 2.05) is 26.0 Å². The van der Waals surface area contributed by atoms with E-state index in [1.54, 1.807) is 0 Å². The molecule has 0 bridgehead atoms. The molecule has 21 heavy (non-hydrogen) atoms. The number of nitrogens with two attached hydrogens (primary N) is 1. The van der Waals surface area contributed by atoms with E-state index in [4.69, 9.17) is 15.2 Å². The van der Waals surface area contributed by atoms with Crippen LogP contribution in [0.2, 0.25) is 0 Å². The van der Waals surface area contributed by atoms with Crippen molar-refractivity contribution in [1.29, 1.82) is 0 Å². The lowest BCUT2D eigenvalue weighted by atomic mass is 9.92. The zero-order chi connectivity index (χ0) is 15.1. The van der Waals surface area contributed by atoms with E-state index in [-0.39, 0.29) is 6.04 Å². The largest absolute Gasteiger partial charge is 0.490 e. The van der Waals surface area contributed by atoms with Gasteiger partial charge in [0, 0.05) is 6.04 Å². The summed E-state index contributed by atoms with van der Waals surface area (Å²) in [7, 11) is 0. The van der Waals surface area contributed by atoms with Gasteiger partial charge in [0.05, 0.1) is 13.2 Å². The number of hydrogen-bond donors (Lipinski definition) is 1. The molecule has 3 nitrogen and oxygen atoms in total. The fourth-order valence-corrected chi connectivity index (χ4v) is 2.79. The number of rotatable bonds is 7. The van der Waals surface area contributed by atoms with Crippen molar-refractivity contribution in [1.82, 2.24) is 0 Å². The lowest BCUT2D eigenvalue weighted by molar-refractivity contribution is 0.287. The Hall–Kier alpha value is -1.48. The highest BCUT2D eigenvalue weighted by Crippen LogP contribution is 2.33. The third-order valence-corrected chi connectivity index (χ3v) is 3.86. The fourth-order valence-electron chi connectivity index (χ4n) is 2.79. The molecular weight excluding hydrogens is 262 g/mol. The molecule has 1 aliphatic rings. The van der Waals surface area contributed by atoms with Crippen LogP contribution >= 0.6 is 0 Å². The highest BCUT2D eigenvalue weighted by atomic mass is 16.5. The predicted molar refractivity (Wildman–Crippen MR) is 86.9 cm³/mol. The van der Waals surface area contributed by atoms with E-state index in [9.17, 15) is 0 Å². The molecule has 2 N–H and O–H groups in total. The Morgan fingerprint density at radius 1 is 1.10 bits per heavy atom. The molecule has 3 heteroatoms. The van der Waals surface area contributed by atoms with Gasteiger partial charge in [-0.25, -0.2) is 0 Å². The monoisotopic (exact) mass is 289 g/mol. The third-order valence-electron chi connectivity index (χ3n) is 3.86. The van der Waals surface area contributed by atoms with E-state index in [0.29, 0.717) is 13.2 Å². The molecule has 0 spiro atoms. The zero-order valence-corrected chi connectivity index (χ0v) is 13.2. The lowest BCUT2D eigenvalue weighted by Crippen LogP contribution is -2.12. The van der Waals surface area contributed by atoms with Gasteiger partial charge in [0.15, 0.2) is 11.5 Å². The van der Waals surface area contributed by atoms with Gasteiger partial charge in [0.25, 0.3) is 0 Å². The molecular formula is C18H27NO2. The van der Waals surface area contributed by atoms with Gasteiger partial charge in [0.1, 0.15) is 0 Å². The summed E-state index contributed by atoms with van der Waals surface area (Å²) in [4.78, 5) is 0. The van der Waals surface area contributed by atoms with Gasteiger partial charge in [-0.3, -0.25) is 0 Å². The van der Waals surface area contributed by atoms with Gasteiger partial charge >= 0.3 is 0 Å². The first-order chi connectivity index (χ1) is 10.2. The second-order valence-corrected chi connectivity index (χ2v) is 5.49. The first-order valence-electron chi connectivity index (χ1n) is 8.07. The van der Waals surface area contributed by atoms with Crippen molar-refractivity contribution in [3.63, 3.8) is 0 Å². The maximum atomic E-state index is 6.38. The molecule has 0 aliphatic heterocycles. The van der Waals surface area contributed by atoms with Crippen LogP contribution in [0.15, 0.2) is 29.8 Å². The van der Waals surface area contributed by atoms with Gasteiger partial charge in [-0.15, -0.1) is 0 Å². The predicted octanol–water partition coefficient (Wildman–Crippen LogP) is 4.37. The van der Waals surface area contributed by atoms with Crippen LogP contribution in [0.3, 0.4) is 0 Å². The molecule has 0 aromatic heterocycles. The summed E-state index contributed by atoms with van der Waals surface area (Å²) >= 11 is 0. The smallest absolute Gasteiger partial charge is 0.161 e. The van der Waals surface area contributed by atoms with Gasteiger partial charge in [-0.1, -0.05) is 17.7 Å². The van der Waals surface area contributed by atoms with Gasteiger partial charge < -0.3 is 15.2 Å². The second-order valence-electron chi connectivity index (χ2n) is 5.49. The van der Waals surface area contributed by atoms with Crippen molar-refractivity contribution in [2.75, 3.05) is 13.2 Å². The molecule has 0 amide bonds. The Bertz CT molecular complexity index is 482. The minimum absolute atomic E-state index is 0.0317. The van der Waals surface area contributed by atoms with Crippen molar-refractivity contribution >= 4 is 0 Å². The van der Waals surface area contributed by atoms with Gasteiger partial charge in [-0.05, 0) is 63.6 Å².